The number of likely N-dealkylation sites (tertiary alicyclic amines) is 1. The van der Waals surface area contributed by atoms with E-state index in [4.69, 9.17) is 5.21 Å². The maximum atomic E-state index is 8.74. The second-order valence-corrected chi connectivity index (χ2v) is 5.11. The summed E-state index contributed by atoms with van der Waals surface area (Å²) in [4.78, 5) is 2.47. The van der Waals surface area contributed by atoms with Crippen LogP contribution in [0.25, 0.3) is 0 Å². The molecule has 1 saturated heterocycles. The van der Waals surface area contributed by atoms with Gasteiger partial charge in [-0.25, -0.2) is 0 Å². The van der Waals surface area contributed by atoms with E-state index >= 15 is 0 Å². The first-order valence-corrected chi connectivity index (χ1v) is 7.55. The molecule has 0 aromatic heterocycles. The van der Waals surface area contributed by atoms with Crippen LogP contribution in [0, 0.1) is 0 Å². The maximum Gasteiger partial charge on any atom is 0.0596 e. The third-order valence-corrected chi connectivity index (χ3v) is 3.60. The smallest absolute Gasteiger partial charge is 0.0596 e. The largest absolute Gasteiger partial charge is 0.411 e. The van der Waals surface area contributed by atoms with Gasteiger partial charge in [0.15, 0.2) is 0 Å². The first kappa shape index (κ1) is 16.0. The molecule has 1 fully saturated rings. The first-order valence-electron chi connectivity index (χ1n) is 7.55. The molecule has 1 heterocycles. The van der Waals surface area contributed by atoms with Crippen LogP contribution in [-0.2, 0) is 0 Å². The summed E-state index contributed by atoms with van der Waals surface area (Å²) in [5.41, 5.74) is 2.50. The van der Waals surface area contributed by atoms with Gasteiger partial charge in [0.25, 0.3) is 0 Å². The third kappa shape index (κ3) is 6.58. The van der Waals surface area contributed by atoms with Crippen molar-refractivity contribution in [1.82, 2.24) is 4.90 Å². The van der Waals surface area contributed by atoms with E-state index in [2.05, 4.69) is 42.1 Å². The van der Waals surface area contributed by atoms with Gasteiger partial charge in [-0.15, -0.1) is 0 Å². The van der Waals surface area contributed by atoms with Crippen LogP contribution in [0.15, 0.2) is 29.0 Å². The van der Waals surface area contributed by atoms with Crippen LogP contribution in [0.5, 0.6) is 0 Å². The minimum absolute atomic E-state index is 0.916. The van der Waals surface area contributed by atoms with Crippen LogP contribution in [0.4, 0.5) is 0 Å². The molecule has 108 valence electrons. The van der Waals surface area contributed by atoms with Crippen molar-refractivity contribution in [3.05, 3.63) is 23.8 Å². The molecule has 0 saturated carbocycles. The molecule has 0 spiro atoms. The molecule has 0 bridgehead atoms. The van der Waals surface area contributed by atoms with Crippen molar-refractivity contribution in [1.29, 1.82) is 0 Å². The molecule has 3 heteroatoms. The maximum absolute atomic E-state index is 8.74. The lowest BCUT2D eigenvalue weighted by atomic mass is 10.0. The number of hydrogen-bond donors (Lipinski definition) is 1. The van der Waals surface area contributed by atoms with Crippen LogP contribution in [0.3, 0.4) is 0 Å². The molecule has 0 aromatic carbocycles. The summed E-state index contributed by atoms with van der Waals surface area (Å²) in [5, 5.41) is 12.1. The second kappa shape index (κ2) is 9.79. The monoisotopic (exact) mass is 264 g/mol. The average molecular weight is 264 g/mol. The molecule has 0 aliphatic carbocycles. The standard InChI is InChI=1S/C16H28N2O/c1-3-5-6-8-15(7-4-2)9-12-18-13-10-16(17-19)11-14-18/h5-7,19H,3-4,8-14H2,1-2H3/b6-5-,15-7+. The first-order chi connectivity index (χ1) is 9.30. The van der Waals surface area contributed by atoms with E-state index in [0.29, 0.717) is 0 Å². The van der Waals surface area contributed by atoms with E-state index in [0.717, 1.165) is 63.9 Å². The number of oxime groups is 1. The Bertz CT molecular complexity index is 322. The molecular weight excluding hydrogens is 236 g/mol. The summed E-state index contributed by atoms with van der Waals surface area (Å²) in [5.74, 6) is 0. The van der Waals surface area contributed by atoms with Crippen LogP contribution in [-0.4, -0.2) is 35.5 Å². The molecule has 19 heavy (non-hydrogen) atoms. The SMILES string of the molecule is CC/C=C\C/C(=C\CC)CCN1CCC(=NO)CC1. The predicted octanol–water partition coefficient (Wildman–Crippen LogP) is 4.00. The Kier molecular flexibility index (Phi) is 8.23. The fraction of sp³-hybridized carbons (Fsp3) is 0.688. The van der Waals surface area contributed by atoms with Gasteiger partial charge in [-0.05, 0) is 25.7 Å². The van der Waals surface area contributed by atoms with Gasteiger partial charge in [-0.3, -0.25) is 0 Å². The lowest BCUT2D eigenvalue weighted by Crippen LogP contribution is -2.34. The zero-order valence-electron chi connectivity index (χ0n) is 12.4. The highest BCUT2D eigenvalue weighted by Gasteiger charge is 2.14. The molecule has 1 aliphatic rings. The van der Waals surface area contributed by atoms with Crippen molar-refractivity contribution in [2.24, 2.45) is 5.16 Å². The second-order valence-electron chi connectivity index (χ2n) is 5.11. The Morgan fingerprint density at radius 2 is 1.95 bits per heavy atom. The van der Waals surface area contributed by atoms with Gasteiger partial charge in [0, 0.05) is 32.5 Å². The zero-order valence-corrected chi connectivity index (χ0v) is 12.4. The number of piperidine rings is 1. The summed E-state index contributed by atoms with van der Waals surface area (Å²) < 4.78 is 0. The summed E-state index contributed by atoms with van der Waals surface area (Å²) >= 11 is 0. The Morgan fingerprint density at radius 3 is 2.53 bits per heavy atom. The highest BCUT2D eigenvalue weighted by molar-refractivity contribution is 5.84. The lowest BCUT2D eigenvalue weighted by molar-refractivity contribution is 0.265. The van der Waals surface area contributed by atoms with Gasteiger partial charge in [-0.2, -0.15) is 0 Å². The number of allylic oxidation sites excluding steroid dienone is 3. The molecular formula is C16H28N2O. The van der Waals surface area contributed by atoms with Gasteiger partial charge in [-0.1, -0.05) is 42.8 Å². The number of hydrogen-bond acceptors (Lipinski definition) is 3. The van der Waals surface area contributed by atoms with Crippen molar-refractivity contribution in [2.75, 3.05) is 19.6 Å². The molecule has 0 unspecified atom stereocenters. The zero-order chi connectivity index (χ0) is 13.9. The molecule has 1 rings (SSSR count). The topological polar surface area (TPSA) is 35.8 Å². The van der Waals surface area contributed by atoms with Crippen LogP contribution in [0.2, 0.25) is 0 Å². The quantitative estimate of drug-likeness (QED) is 0.428. The minimum Gasteiger partial charge on any atom is -0.411 e. The molecule has 1 aliphatic heterocycles. The fourth-order valence-corrected chi connectivity index (χ4v) is 2.41. The van der Waals surface area contributed by atoms with Crippen molar-refractivity contribution in [2.45, 2.75) is 52.4 Å². The summed E-state index contributed by atoms with van der Waals surface area (Å²) in [6, 6.07) is 0. The van der Waals surface area contributed by atoms with Crippen molar-refractivity contribution in [3.8, 4) is 0 Å². The van der Waals surface area contributed by atoms with E-state index < -0.39 is 0 Å². The Balaban J connectivity index is 2.32. The summed E-state index contributed by atoms with van der Waals surface area (Å²) in [6.07, 6.45) is 13.2. The molecule has 0 aromatic rings. The summed E-state index contributed by atoms with van der Waals surface area (Å²) in [7, 11) is 0. The van der Waals surface area contributed by atoms with E-state index in [1.54, 1.807) is 5.57 Å². The van der Waals surface area contributed by atoms with Crippen molar-refractivity contribution in [3.63, 3.8) is 0 Å². The molecule has 3 nitrogen and oxygen atoms in total. The Morgan fingerprint density at radius 1 is 1.21 bits per heavy atom. The fourth-order valence-electron chi connectivity index (χ4n) is 2.41. The van der Waals surface area contributed by atoms with Gasteiger partial charge in [0.2, 0.25) is 0 Å². The van der Waals surface area contributed by atoms with Gasteiger partial charge in [0.05, 0.1) is 5.71 Å². The highest BCUT2D eigenvalue weighted by Crippen LogP contribution is 2.13. The van der Waals surface area contributed by atoms with Crippen LogP contribution < -0.4 is 0 Å². The molecule has 1 N–H and O–H groups in total. The normalized spacial score (nSPS) is 18.2. The van der Waals surface area contributed by atoms with Crippen molar-refractivity contribution < 1.29 is 5.21 Å². The molecule has 0 amide bonds. The van der Waals surface area contributed by atoms with Crippen molar-refractivity contribution >= 4 is 5.71 Å². The van der Waals surface area contributed by atoms with Crippen LogP contribution in [0.1, 0.15) is 52.4 Å². The van der Waals surface area contributed by atoms with Gasteiger partial charge >= 0.3 is 0 Å². The average Bonchev–Trinajstić information content (AvgIpc) is 2.45. The van der Waals surface area contributed by atoms with Gasteiger partial charge < -0.3 is 10.1 Å². The third-order valence-electron chi connectivity index (χ3n) is 3.60. The number of nitrogens with zero attached hydrogens (tertiary/aromatic N) is 2. The predicted molar refractivity (Wildman–Crippen MR) is 81.9 cm³/mol. The minimum atomic E-state index is 0.916. The van der Waals surface area contributed by atoms with E-state index in [9.17, 15) is 0 Å². The molecule has 0 radical (unpaired) electrons. The summed E-state index contributed by atoms with van der Waals surface area (Å²) in [6.45, 7) is 7.57. The Hall–Kier alpha value is -1.09. The Labute approximate surface area is 117 Å². The number of rotatable bonds is 7. The molecule has 0 atom stereocenters. The van der Waals surface area contributed by atoms with E-state index in [1.165, 1.54) is 0 Å². The lowest BCUT2D eigenvalue weighted by Gasteiger charge is -2.27. The van der Waals surface area contributed by atoms with Gasteiger partial charge in [0.1, 0.15) is 0 Å². The van der Waals surface area contributed by atoms with Crippen LogP contribution >= 0.6 is 0 Å². The van der Waals surface area contributed by atoms with E-state index in [-0.39, 0.29) is 0 Å². The highest BCUT2D eigenvalue weighted by atomic mass is 16.4. The van der Waals surface area contributed by atoms with E-state index in [1.807, 2.05) is 0 Å².